The van der Waals surface area contributed by atoms with Crippen LogP contribution < -0.4 is 11.5 Å². The van der Waals surface area contributed by atoms with Gasteiger partial charge in [-0.1, -0.05) is 91.0 Å². The molecule has 3 heteroatoms. The van der Waals surface area contributed by atoms with E-state index in [0.717, 1.165) is 44.4 Å². The number of benzene rings is 4. The number of anilines is 2. The van der Waals surface area contributed by atoms with E-state index in [1.54, 1.807) is 0 Å². The third-order valence-corrected chi connectivity index (χ3v) is 5.34. The molecule has 1 aromatic heterocycles. The molecule has 140 valence electrons. The van der Waals surface area contributed by atoms with E-state index in [4.69, 9.17) is 11.5 Å². The van der Waals surface area contributed by atoms with Gasteiger partial charge in [0.1, 0.15) is 0 Å². The summed E-state index contributed by atoms with van der Waals surface area (Å²) in [6.45, 7) is 0. The van der Waals surface area contributed by atoms with Crippen LogP contribution in [0.3, 0.4) is 0 Å². The van der Waals surface area contributed by atoms with Gasteiger partial charge in [0.2, 0.25) is 0 Å². The SMILES string of the molecule is Nc1cc2[nH]c(-c3ccccc3)c(-c3ccccc3)c2c(N)c1-c1ccccc1. The van der Waals surface area contributed by atoms with Gasteiger partial charge in [-0.05, 0) is 22.8 Å². The molecule has 0 spiro atoms. The quantitative estimate of drug-likeness (QED) is 0.322. The number of aromatic amines is 1. The maximum Gasteiger partial charge on any atom is 0.0545 e. The van der Waals surface area contributed by atoms with Gasteiger partial charge in [0.15, 0.2) is 0 Å². The molecule has 1 heterocycles. The number of aromatic nitrogens is 1. The third kappa shape index (κ3) is 2.84. The molecular weight excluding hydrogens is 354 g/mol. The molecule has 0 saturated heterocycles. The standard InChI is InChI=1S/C26H21N3/c27-20-16-21-24(25(28)22(20)17-10-4-1-5-11-17)23(18-12-6-2-7-13-18)26(29-21)19-14-8-3-9-15-19/h1-16,29H,27-28H2. The fourth-order valence-corrected chi connectivity index (χ4v) is 4.06. The van der Waals surface area contributed by atoms with Crippen LogP contribution in [-0.2, 0) is 0 Å². The molecule has 0 bridgehead atoms. The van der Waals surface area contributed by atoms with Crippen molar-refractivity contribution < 1.29 is 0 Å². The molecular formula is C26H21N3. The Kier molecular flexibility index (Phi) is 4.07. The van der Waals surface area contributed by atoms with Crippen LogP contribution in [0.25, 0.3) is 44.4 Å². The predicted molar refractivity (Wildman–Crippen MR) is 123 cm³/mol. The van der Waals surface area contributed by atoms with E-state index in [-0.39, 0.29) is 0 Å². The molecule has 5 rings (SSSR count). The summed E-state index contributed by atoms with van der Waals surface area (Å²) in [5.41, 5.74) is 21.8. The van der Waals surface area contributed by atoms with Crippen molar-refractivity contribution in [2.45, 2.75) is 0 Å². The second-order valence-electron chi connectivity index (χ2n) is 7.15. The van der Waals surface area contributed by atoms with E-state index in [0.29, 0.717) is 11.4 Å². The van der Waals surface area contributed by atoms with Gasteiger partial charge in [-0.25, -0.2) is 0 Å². The maximum atomic E-state index is 6.78. The van der Waals surface area contributed by atoms with E-state index >= 15 is 0 Å². The Morgan fingerprint density at radius 2 is 1.03 bits per heavy atom. The summed E-state index contributed by atoms with van der Waals surface area (Å²) in [5, 5.41) is 1.00. The summed E-state index contributed by atoms with van der Waals surface area (Å²) in [6, 6.07) is 32.8. The van der Waals surface area contributed by atoms with E-state index < -0.39 is 0 Å². The Morgan fingerprint density at radius 1 is 0.552 bits per heavy atom. The zero-order chi connectivity index (χ0) is 19.8. The van der Waals surface area contributed by atoms with Crippen molar-refractivity contribution >= 4 is 22.3 Å². The van der Waals surface area contributed by atoms with Crippen LogP contribution in [0.2, 0.25) is 0 Å². The summed E-state index contributed by atoms with van der Waals surface area (Å²) >= 11 is 0. The molecule has 0 fully saturated rings. The molecule has 3 nitrogen and oxygen atoms in total. The number of nitrogens with two attached hydrogens (primary N) is 2. The molecule has 29 heavy (non-hydrogen) atoms. The Balaban J connectivity index is 1.90. The number of hydrogen-bond acceptors (Lipinski definition) is 2. The van der Waals surface area contributed by atoms with Crippen molar-refractivity contribution in [3.63, 3.8) is 0 Å². The first-order chi connectivity index (χ1) is 14.2. The molecule has 0 amide bonds. The van der Waals surface area contributed by atoms with Crippen molar-refractivity contribution in [1.82, 2.24) is 4.98 Å². The Hall–Kier alpha value is -3.98. The summed E-state index contributed by atoms with van der Waals surface area (Å²) in [4.78, 5) is 3.58. The molecule has 0 saturated carbocycles. The summed E-state index contributed by atoms with van der Waals surface area (Å²) in [6.07, 6.45) is 0. The summed E-state index contributed by atoms with van der Waals surface area (Å²) in [7, 11) is 0. The van der Waals surface area contributed by atoms with Gasteiger partial charge in [-0.2, -0.15) is 0 Å². The Labute approximate surface area is 169 Å². The highest BCUT2D eigenvalue weighted by molar-refractivity contribution is 6.15. The first-order valence-electron chi connectivity index (χ1n) is 9.64. The normalized spacial score (nSPS) is 11.0. The Morgan fingerprint density at radius 3 is 1.59 bits per heavy atom. The van der Waals surface area contributed by atoms with Crippen molar-refractivity contribution in [3.05, 3.63) is 97.1 Å². The molecule has 4 aromatic carbocycles. The van der Waals surface area contributed by atoms with Crippen molar-refractivity contribution in [1.29, 1.82) is 0 Å². The van der Waals surface area contributed by atoms with Gasteiger partial charge >= 0.3 is 0 Å². The highest BCUT2D eigenvalue weighted by atomic mass is 14.8. The molecule has 5 N–H and O–H groups in total. The number of hydrogen-bond donors (Lipinski definition) is 3. The van der Waals surface area contributed by atoms with Crippen LogP contribution in [0.4, 0.5) is 11.4 Å². The first kappa shape index (κ1) is 17.1. The van der Waals surface area contributed by atoms with Crippen molar-refractivity contribution in [2.75, 3.05) is 11.5 Å². The van der Waals surface area contributed by atoms with E-state index in [2.05, 4.69) is 41.4 Å². The average molecular weight is 375 g/mol. The van der Waals surface area contributed by atoms with Gasteiger partial charge in [0, 0.05) is 22.2 Å². The van der Waals surface area contributed by atoms with Gasteiger partial charge in [0.25, 0.3) is 0 Å². The molecule has 0 aliphatic rings. The fraction of sp³-hybridized carbons (Fsp3) is 0. The van der Waals surface area contributed by atoms with Crippen molar-refractivity contribution in [3.8, 4) is 33.5 Å². The number of H-pyrrole nitrogens is 1. The number of fused-ring (bicyclic) bond motifs is 1. The molecule has 5 aromatic rings. The lowest BCUT2D eigenvalue weighted by Gasteiger charge is -2.13. The van der Waals surface area contributed by atoms with Crippen LogP contribution >= 0.6 is 0 Å². The highest BCUT2D eigenvalue weighted by Crippen LogP contribution is 2.45. The second kappa shape index (κ2) is 6.88. The first-order valence-corrected chi connectivity index (χ1v) is 9.64. The van der Waals surface area contributed by atoms with E-state index in [1.165, 1.54) is 0 Å². The predicted octanol–water partition coefficient (Wildman–Crippen LogP) is 6.33. The monoisotopic (exact) mass is 375 g/mol. The minimum atomic E-state index is 0.668. The van der Waals surface area contributed by atoms with E-state index in [1.807, 2.05) is 60.7 Å². The molecule has 0 atom stereocenters. The third-order valence-electron chi connectivity index (χ3n) is 5.34. The average Bonchev–Trinajstić information content (AvgIpc) is 3.15. The number of rotatable bonds is 3. The van der Waals surface area contributed by atoms with Crippen LogP contribution in [0, 0.1) is 0 Å². The van der Waals surface area contributed by atoms with E-state index in [9.17, 15) is 0 Å². The van der Waals surface area contributed by atoms with Gasteiger partial charge in [0.05, 0.1) is 16.9 Å². The fourth-order valence-electron chi connectivity index (χ4n) is 4.06. The largest absolute Gasteiger partial charge is 0.398 e. The van der Waals surface area contributed by atoms with Crippen molar-refractivity contribution in [2.24, 2.45) is 0 Å². The minimum Gasteiger partial charge on any atom is -0.398 e. The lowest BCUT2D eigenvalue weighted by atomic mass is 9.93. The van der Waals surface area contributed by atoms with Gasteiger partial charge in [-0.3, -0.25) is 0 Å². The zero-order valence-electron chi connectivity index (χ0n) is 15.9. The lowest BCUT2D eigenvalue weighted by Crippen LogP contribution is -1.98. The highest BCUT2D eigenvalue weighted by Gasteiger charge is 2.20. The van der Waals surface area contributed by atoms with Crippen LogP contribution in [-0.4, -0.2) is 4.98 Å². The number of nitrogens with one attached hydrogen (secondary N) is 1. The molecule has 0 radical (unpaired) electrons. The zero-order valence-corrected chi connectivity index (χ0v) is 15.9. The second-order valence-corrected chi connectivity index (χ2v) is 7.15. The minimum absolute atomic E-state index is 0.668. The Bertz CT molecular complexity index is 1290. The molecule has 0 aliphatic carbocycles. The smallest absolute Gasteiger partial charge is 0.0545 e. The maximum absolute atomic E-state index is 6.78. The van der Waals surface area contributed by atoms with Crippen LogP contribution in [0.1, 0.15) is 0 Å². The molecule has 0 aliphatic heterocycles. The number of nitrogen functional groups attached to an aromatic ring is 2. The summed E-state index contributed by atoms with van der Waals surface area (Å²) < 4.78 is 0. The van der Waals surface area contributed by atoms with Gasteiger partial charge < -0.3 is 16.5 Å². The summed E-state index contributed by atoms with van der Waals surface area (Å²) in [5.74, 6) is 0. The lowest BCUT2D eigenvalue weighted by molar-refractivity contribution is 1.45. The van der Waals surface area contributed by atoms with Crippen LogP contribution in [0.5, 0.6) is 0 Å². The van der Waals surface area contributed by atoms with Crippen LogP contribution in [0.15, 0.2) is 97.1 Å². The molecule has 0 unspecified atom stereocenters. The topological polar surface area (TPSA) is 67.8 Å². The van der Waals surface area contributed by atoms with Gasteiger partial charge in [-0.15, -0.1) is 0 Å².